The first-order chi connectivity index (χ1) is 8.67. The molecule has 2 saturated heterocycles. The molecular formula is C13H18N2O2S. The van der Waals surface area contributed by atoms with Gasteiger partial charge in [-0.05, 0) is 18.4 Å². The minimum atomic E-state index is -3.18. The third-order valence-electron chi connectivity index (χ3n) is 3.83. The fraction of sp³-hybridized carbons (Fsp3) is 0.538. The molecule has 0 aliphatic carbocycles. The topological polar surface area (TPSA) is 49.4 Å². The zero-order chi connectivity index (χ0) is 12.6. The van der Waals surface area contributed by atoms with Crippen LogP contribution in [0.25, 0.3) is 0 Å². The van der Waals surface area contributed by atoms with Crippen molar-refractivity contribution < 1.29 is 8.42 Å². The van der Waals surface area contributed by atoms with Gasteiger partial charge in [0.25, 0.3) is 0 Å². The molecule has 1 aromatic rings. The van der Waals surface area contributed by atoms with Gasteiger partial charge in [0.1, 0.15) is 0 Å². The van der Waals surface area contributed by atoms with Gasteiger partial charge >= 0.3 is 0 Å². The van der Waals surface area contributed by atoms with Crippen molar-refractivity contribution in [3.05, 3.63) is 35.9 Å². The molecule has 0 radical (unpaired) electrons. The van der Waals surface area contributed by atoms with Crippen LogP contribution in [0, 0.1) is 0 Å². The second-order valence-corrected chi connectivity index (χ2v) is 6.99. The molecule has 1 aromatic carbocycles. The third kappa shape index (κ3) is 2.18. The van der Waals surface area contributed by atoms with Crippen molar-refractivity contribution in [2.75, 3.05) is 13.1 Å². The first-order valence-corrected chi connectivity index (χ1v) is 8.03. The molecule has 1 N–H and O–H groups in total. The van der Waals surface area contributed by atoms with Crippen LogP contribution >= 0.6 is 0 Å². The smallest absolute Gasteiger partial charge is 0.218 e. The van der Waals surface area contributed by atoms with Crippen LogP contribution < -0.4 is 5.32 Å². The molecule has 2 heterocycles. The molecule has 5 heteroatoms. The summed E-state index contributed by atoms with van der Waals surface area (Å²) in [7, 11) is -3.18. The molecule has 2 atom stereocenters. The summed E-state index contributed by atoms with van der Waals surface area (Å²) in [5, 5.41) is 3.31. The predicted octanol–water partition coefficient (Wildman–Crippen LogP) is 0.953. The normalized spacial score (nSPS) is 28.4. The maximum Gasteiger partial charge on any atom is 0.218 e. The highest BCUT2D eigenvalue weighted by atomic mass is 32.2. The van der Waals surface area contributed by atoms with Crippen LogP contribution in [0.15, 0.2) is 30.3 Å². The van der Waals surface area contributed by atoms with E-state index in [0.717, 1.165) is 31.5 Å². The lowest BCUT2D eigenvalue weighted by Crippen LogP contribution is -2.54. The van der Waals surface area contributed by atoms with Gasteiger partial charge in [0, 0.05) is 25.2 Å². The summed E-state index contributed by atoms with van der Waals surface area (Å²) in [6.07, 6.45) is 1.98. The highest BCUT2D eigenvalue weighted by Crippen LogP contribution is 2.30. The molecule has 18 heavy (non-hydrogen) atoms. The summed E-state index contributed by atoms with van der Waals surface area (Å²) in [6.45, 7) is 1.59. The van der Waals surface area contributed by atoms with Crippen LogP contribution in [0.5, 0.6) is 0 Å². The molecule has 98 valence electrons. The van der Waals surface area contributed by atoms with Gasteiger partial charge in [0.05, 0.1) is 5.75 Å². The second kappa shape index (κ2) is 4.64. The number of nitrogens with one attached hydrogen (secondary N) is 1. The molecule has 2 fully saturated rings. The third-order valence-corrected chi connectivity index (χ3v) is 5.76. The molecule has 2 aliphatic heterocycles. The lowest BCUT2D eigenvalue weighted by molar-refractivity contribution is 0.263. The molecule has 0 amide bonds. The summed E-state index contributed by atoms with van der Waals surface area (Å²) in [6, 6.07) is 9.76. The number of nitrogens with zero attached hydrogens (tertiary/aromatic N) is 1. The van der Waals surface area contributed by atoms with Gasteiger partial charge in [-0.2, -0.15) is 4.31 Å². The van der Waals surface area contributed by atoms with Crippen molar-refractivity contribution in [1.82, 2.24) is 9.62 Å². The summed E-state index contributed by atoms with van der Waals surface area (Å²) < 4.78 is 26.8. The lowest BCUT2D eigenvalue weighted by Gasteiger charge is -2.34. The number of fused-ring (bicyclic) bond motifs is 2. The zero-order valence-corrected chi connectivity index (χ0v) is 11.1. The highest BCUT2D eigenvalue weighted by Gasteiger charge is 2.43. The quantitative estimate of drug-likeness (QED) is 0.886. The summed E-state index contributed by atoms with van der Waals surface area (Å²) in [5.74, 6) is 0.126. The number of piperazine rings is 1. The predicted molar refractivity (Wildman–Crippen MR) is 70.6 cm³/mol. The zero-order valence-electron chi connectivity index (χ0n) is 10.2. The van der Waals surface area contributed by atoms with E-state index in [1.165, 1.54) is 0 Å². The summed E-state index contributed by atoms with van der Waals surface area (Å²) >= 11 is 0. The average molecular weight is 266 g/mol. The maximum atomic E-state index is 12.5. The van der Waals surface area contributed by atoms with Crippen molar-refractivity contribution >= 4 is 10.0 Å². The Labute approximate surface area is 108 Å². The van der Waals surface area contributed by atoms with Gasteiger partial charge in [-0.1, -0.05) is 30.3 Å². The summed E-state index contributed by atoms with van der Waals surface area (Å²) in [4.78, 5) is 0. The Balaban J connectivity index is 1.83. The first-order valence-electron chi connectivity index (χ1n) is 6.43. The van der Waals surface area contributed by atoms with E-state index in [2.05, 4.69) is 5.32 Å². The number of sulfonamides is 1. The van der Waals surface area contributed by atoms with E-state index < -0.39 is 10.0 Å². The van der Waals surface area contributed by atoms with Crippen molar-refractivity contribution in [3.63, 3.8) is 0 Å². The Morgan fingerprint density at radius 1 is 1.11 bits per heavy atom. The van der Waals surface area contributed by atoms with E-state index in [4.69, 9.17) is 0 Å². The summed E-state index contributed by atoms with van der Waals surface area (Å²) in [5.41, 5.74) is 0.871. The van der Waals surface area contributed by atoms with E-state index in [1.807, 2.05) is 30.3 Å². The molecule has 0 spiro atoms. The van der Waals surface area contributed by atoms with Gasteiger partial charge in [-0.25, -0.2) is 8.42 Å². The Morgan fingerprint density at radius 3 is 2.33 bits per heavy atom. The molecule has 3 rings (SSSR count). The highest BCUT2D eigenvalue weighted by molar-refractivity contribution is 7.88. The van der Waals surface area contributed by atoms with Gasteiger partial charge in [0.2, 0.25) is 10.0 Å². The van der Waals surface area contributed by atoms with Gasteiger partial charge in [-0.3, -0.25) is 0 Å². The number of rotatable bonds is 3. The number of benzene rings is 1. The molecule has 2 bridgehead atoms. The fourth-order valence-electron chi connectivity index (χ4n) is 3.05. The van der Waals surface area contributed by atoms with Crippen molar-refractivity contribution in [1.29, 1.82) is 0 Å². The van der Waals surface area contributed by atoms with Crippen molar-refractivity contribution in [2.24, 2.45) is 0 Å². The first kappa shape index (κ1) is 12.1. The standard InChI is InChI=1S/C13H18N2O2S/c16-18(17,10-11-4-2-1-3-5-11)15-12-6-7-13(15)9-14-8-12/h1-5,12-14H,6-10H2. The average Bonchev–Trinajstić information content (AvgIpc) is 2.62. The van der Waals surface area contributed by atoms with E-state index in [1.54, 1.807) is 4.31 Å². The van der Waals surface area contributed by atoms with Crippen LogP contribution in [-0.2, 0) is 15.8 Å². The Morgan fingerprint density at radius 2 is 1.72 bits per heavy atom. The minimum Gasteiger partial charge on any atom is -0.314 e. The Bertz CT molecular complexity index is 499. The molecule has 4 nitrogen and oxygen atoms in total. The van der Waals surface area contributed by atoms with Crippen LogP contribution in [-0.4, -0.2) is 37.9 Å². The largest absolute Gasteiger partial charge is 0.314 e. The van der Waals surface area contributed by atoms with Gasteiger partial charge in [0.15, 0.2) is 0 Å². The Kier molecular flexibility index (Phi) is 3.13. The molecule has 0 aromatic heterocycles. The van der Waals surface area contributed by atoms with Gasteiger partial charge in [-0.15, -0.1) is 0 Å². The minimum absolute atomic E-state index is 0.126. The SMILES string of the molecule is O=S(=O)(Cc1ccccc1)N1C2CCC1CNC2. The van der Waals surface area contributed by atoms with Crippen molar-refractivity contribution in [2.45, 2.75) is 30.7 Å². The van der Waals surface area contributed by atoms with Crippen LogP contribution in [0.3, 0.4) is 0 Å². The van der Waals surface area contributed by atoms with Crippen molar-refractivity contribution in [3.8, 4) is 0 Å². The Hall–Kier alpha value is -0.910. The maximum absolute atomic E-state index is 12.5. The van der Waals surface area contributed by atoms with Gasteiger partial charge < -0.3 is 5.32 Å². The van der Waals surface area contributed by atoms with Crippen LogP contribution in [0.1, 0.15) is 18.4 Å². The molecular weight excluding hydrogens is 248 g/mol. The lowest BCUT2D eigenvalue weighted by atomic mass is 10.2. The van der Waals surface area contributed by atoms with E-state index in [9.17, 15) is 8.42 Å². The van der Waals surface area contributed by atoms with E-state index in [0.29, 0.717) is 0 Å². The van der Waals surface area contributed by atoms with E-state index >= 15 is 0 Å². The monoisotopic (exact) mass is 266 g/mol. The molecule has 2 unspecified atom stereocenters. The number of hydrogen-bond donors (Lipinski definition) is 1. The van der Waals surface area contributed by atoms with Crippen LogP contribution in [0.4, 0.5) is 0 Å². The molecule has 2 aliphatic rings. The number of hydrogen-bond acceptors (Lipinski definition) is 3. The van der Waals surface area contributed by atoms with E-state index in [-0.39, 0.29) is 17.8 Å². The second-order valence-electron chi connectivity index (χ2n) is 5.11. The van der Waals surface area contributed by atoms with Crippen LogP contribution in [0.2, 0.25) is 0 Å². The molecule has 0 saturated carbocycles. The fourth-order valence-corrected chi connectivity index (χ4v) is 5.08.